The number of hydrogen-bond donors (Lipinski definition) is 3. The maximum Gasteiger partial charge on any atom is 0.337 e. The van der Waals surface area contributed by atoms with Crippen molar-refractivity contribution < 1.29 is 19.8 Å². The number of carbonyl (C=O) groups is 2. The van der Waals surface area contributed by atoms with Crippen LogP contribution in [0.4, 0.5) is 4.79 Å². The number of aliphatic carboxylic acids is 1. The number of urea groups is 1. The van der Waals surface area contributed by atoms with Crippen LogP contribution in [0.15, 0.2) is 24.3 Å². The summed E-state index contributed by atoms with van der Waals surface area (Å²) in [6, 6.07) is 8.31. The molecule has 1 aromatic rings. The minimum absolute atomic E-state index is 0.260. The molecule has 0 heterocycles. The highest BCUT2D eigenvalue weighted by molar-refractivity contribution is 5.79. The van der Waals surface area contributed by atoms with Crippen LogP contribution in [0.5, 0.6) is 0 Å². The molecule has 1 aromatic carbocycles. The Balaban J connectivity index is 2.59. The molecule has 0 bridgehead atoms. The largest absolute Gasteiger partial charge is 0.479 e. The summed E-state index contributed by atoms with van der Waals surface area (Å²) in [5.74, 6) is -1.41. The van der Waals surface area contributed by atoms with Gasteiger partial charge < -0.3 is 20.4 Å². The molecule has 0 spiro atoms. The molecule has 0 fully saturated rings. The van der Waals surface area contributed by atoms with E-state index in [0.717, 1.165) is 12.5 Å². The smallest absolute Gasteiger partial charge is 0.337 e. The quantitative estimate of drug-likeness (QED) is 0.732. The van der Waals surface area contributed by atoms with Crippen LogP contribution >= 0.6 is 0 Å². The van der Waals surface area contributed by atoms with E-state index < -0.39 is 24.1 Å². The predicted molar refractivity (Wildman–Crippen MR) is 74.3 cm³/mol. The Morgan fingerprint density at radius 1 is 1.48 bits per heavy atom. The first kappa shape index (κ1) is 16.5. The van der Waals surface area contributed by atoms with Crippen molar-refractivity contribution in [3.63, 3.8) is 0 Å². The normalized spacial score (nSPS) is 12.9. The highest BCUT2D eigenvalue weighted by Crippen LogP contribution is 2.07. The molecule has 0 aromatic heterocycles. The van der Waals surface area contributed by atoms with Crippen molar-refractivity contribution in [1.29, 1.82) is 5.26 Å². The van der Waals surface area contributed by atoms with Gasteiger partial charge in [-0.1, -0.05) is 12.1 Å². The van der Waals surface area contributed by atoms with Gasteiger partial charge in [0, 0.05) is 13.6 Å². The topological polar surface area (TPSA) is 114 Å². The van der Waals surface area contributed by atoms with Crippen LogP contribution in [0.3, 0.4) is 0 Å². The molecule has 21 heavy (non-hydrogen) atoms. The minimum atomic E-state index is -2.02. The number of carbonyl (C=O) groups excluding carboxylic acids is 1. The molecule has 1 atom stereocenters. The van der Waals surface area contributed by atoms with E-state index >= 15 is 0 Å². The van der Waals surface area contributed by atoms with Crippen molar-refractivity contribution in [1.82, 2.24) is 10.2 Å². The van der Waals surface area contributed by atoms with Crippen LogP contribution in [0.2, 0.25) is 0 Å². The zero-order valence-electron chi connectivity index (χ0n) is 11.8. The fourth-order valence-electron chi connectivity index (χ4n) is 1.54. The standard InChI is InChI=1S/C14H17N3O4/c1-14(21,12(18)19)9-16-13(20)17(2)8-11-5-3-4-10(6-11)7-15/h3-6,21H,8-9H2,1-2H3,(H,16,20)(H,18,19). The SMILES string of the molecule is CN(Cc1cccc(C#N)c1)C(=O)NCC(C)(O)C(=O)O. The number of hydrogen-bond acceptors (Lipinski definition) is 4. The van der Waals surface area contributed by atoms with Gasteiger partial charge in [-0.05, 0) is 24.6 Å². The second-order valence-corrected chi connectivity index (χ2v) is 4.91. The fourth-order valence-corrected chi connectivity index (χ4v) is 1.54. The lowest BCUT2D eigenvalue weighted by Gasteiger charge is -2.22. The summed E-state index contributed by atoms with van der Waals surface area (Å²) in [6.07, 6.45) is 0. The lowest BCUT2D eigenvalue weighted by Crippen LogP contribution is -2.49. The molecule has 2 amide bonds. The first-order valence-corrected chi connectivity index (χ1v) is 6.20. The third-order valence-electron chi connectivity index (χ3n) is 2.87. The van der Waals surface area contributed by atoms with E-state index in [4.69, 9.17) is 10.4 Å². The predicted octanol–water partition coefficient (Wildman–Crippen LogP) is 0.535. The molecule has 1 rings (SSSR count). The highest BCUT2D eigenvalue weighted by Gasteiger charge is 2.30. The Kier molecular flexibility index (Phi) is 5.27. The first-order chi connectivity index (χ1) is 9.76. The lowest BCUT2D eigenvalue weighted by atomic mass is 10.1. The van der Waals surface area contributed by atoms with Crippen molar-refractivity contribution in [2.24, 2.45) is 0 Å². The lowest BCUT2D eigenvalue weighted by molar-refractivity contribution is -0.155. The van der Waals surface area contributed by atoms with Gasteiger partial charge in [0.15, 0.2) is 5.60 Å². The van der Waals surface area contributed by atoms with Crippen molar-refractivity contribution in [2.45, 2.75) is 19.1 Å². The summed E-state index contributed by atoms with van der Waals surface area (Å²) in [7, 11) is 1.53. The van der Waals surface area contributed by atoms with Crippen LogP contribution in [0.1, 0.15) is 18.1 Å². The zero-order chi connectivity index (χ0) is 16.0. The zero-order valence-corrected chi connectivity index (χ0v) is 11.8. The Morgan fingerprint density at radius 2 is 2.14 bits per heavy atom. The Morgan fingerprint density at radius 3 is 2.71 bits per heavy atom. The monoisotopic (exact) mass is 291 g/mol. The molecule has 0 saturated heterocycles. The summed E-state index contributed by atoms with van der Waals surface area (Å²) >= 11 is 0. The molecular weight excluding hydrogens is 274 g/mol. The maximum atomic E-state index is 11.8. The average Bonchev–Trinajstić information content (AvgIpc) is 2.44. The number of carboxylic acid groups (broad SMARTS) is 1. The number of nitrogens with one attached hydrogen (secondary N) is 1. The molecular formula is C14H17N3O4. The number of carboxylic acids is 1. The van der Waals surface area contributed by atoms with Crippen LogP contribution in [0.25, 0.3) is 0 Å². The average molecular weight is 291 g/mol. The molecule has 0 radical (unpaired) electrons. The third kappa shape index (κ3) is 4.78. The van der Waals surface area contributed by atoms with Crippen molar-refractivity contribution in [3.8, 4) is 6.07 Å². The molecule has 0 aliphatic carbocycles. The van der Waals surface area contributed by atoms with Crippen LogP contribution in [-0.4, -0.2) is 46.3 Å². The summed E-state index contributed by atoms with van der Waals surface area (Å²) in [5, 5.41) is 29.4. The van der Waals surface area contributed by atoms with Crippen molar-refractivity contribution >= 4 is 12.0 Å². The van der Waals surface area contributed by atoms with Gasteiger partial charge in [0.1, 0.15) is 0 Å². The van der Waals surface area contributed by atoms with Gasteiger partial charge >= 0.3 is 12.0 Å². The van der Waals surface area contributed by atoms with Gasteiger partial charge in [0.2, 0.25) is 0 Å². The van der Waals surface area contributed by atoms with Gasteiger partial charge in [0.05, 0.1) is 18.2 Å². The van der Waals surface area contributed by atoms with Gasteiger partial charge in [-0.2, -0.15) is 5.26 Å². The molecule has 0 aliphatic heterocycles. The number of benzene rings is 1. The van der Waals surface area contributed by atoms with Crippen molar-refractivity contribution in [3.05, 3.63) is 35.4 Å². The van der Waals surface area contributed by atoms with Gasteiger partial charge in [-0.25, -0.2) is 9.59 Å². The number of rotatable bonds is 5. The Labute approximate surface area is 122 Å². The summed E-state index contributed by atoms with van der Waals surface area (Å²) < 4.78 is 0. The summed E-state index contributed by atoms with van der Waals surface area (Å²) in [5.41, 5.74) is -0.746. The van der Waals surface area contributed by atoms with Gasteiger partial charge in [-0.3, -0.25) is 0 Å². The highest BCUT2D eigenvalue weighted by atomic mass is 16.4. The molecule has 3 N–H and O–H groups in total. The van der Waals surface area contributed by atoms with E-state index in [1.165, 1.54) is 11.9 Å². The molecule has 7 heteroatoms. The van der Waals surface area contributed by atoms with E-state index in [1.54, 1.807) is 24.3 Å². The number of nitrogens with zero attached hydrogens (tertiary/aromatic N) is 2. The molecule has 112 valence electrons. The van der Waals surface area contributed by atoms with Crippen LogP contribution < -0.4 is 5.32 Å². The second-order valence-electron chi connectivity index (χ2n) is 4.91. The van der Waals surface area contributed by atoms with Crippen molar-refractivity contribution in [2.75, 3.05) is 13.6 Å². The molecule has 0 saturated carbocycles. The van der Waals surface area contributed by atoms with Crippen LogP contribution in [-0.2, 0) is 11.3 Å². The minimum Gasteiger partial charge on any atom is -0.479 e. The molecule has 7 nitrogen and oxygen atoms in total. The van der Waals surface area contributed by atoms with Crippen LogP contribution in [0, 0.1) is 11.3 Å². The van der Waals surface area contributed by atoms with E-state index in [1.807, 2.05) is 6.07 Å². The Hall–Kier alpha value is -2.59. The second kappa shape index (κ2) is 6.72. The van der Waals surface area contributed by atoms with E-state index in [9.17, 15) is 14.7 Å². The Bertz CT molecular complexity index is 578. The molecule has 1 unspecified atom stereocenters. The van der Waals surface area contributed by atoms with Gasteiger partial charge in [0.25, 0.3) is 0 Å². The summed E-state index contributed by atoms with van der Waals surface area (Å²) in [4.78, 5) is 23.9. The fraction of sp³-hybridized carbons (Fsp3) is 0.357. The van der Waals surface area contributed by atoms with E-state index in [-0.39, 0.29) is 6.54 Å². The van der Waals surface area contributed by atoms with Gasteiger partial charge in [-0.15, -0.1) is 0 Å². The number of aliphatic hydroxyl groups is 1. The number of nitriles is 1. The summed E-state index contributed by atoms with van der Waals surface area (Å²) in [6.45, 7) is 0.965. The maximum absolute atomic E-state index is 11.8. The third-order valence-corrected chi connectivity index (χ3v) is 2.87. The molecule has 0 aliphatic rings. The number of amides is 2. The first-order valence-electron chi connectivity index (χ1n) is 6.20. The van der Waals surface area contributed by atoms with E-state index in [0.29, 0.717) is 5.56 Å². The van der Waals surface area contributed by atoms with E-state index in [2.05, 4.69) is 5.32 Å².